The van der Waals surface area contributed by atoms with Crippen molar-refractivity contribution in [1.82, 2.24) is 25.0 Å². The van der Waals surface area contributed by atoms with Crippen molar-refractivity contribution in [3.63, 3.8) is 0 Å². The zero-order valence-corrected chi connectivity index (χ0v) is 18.0. The largest absolute Gasteiger partial charge is 0.455 e. The molecule has 4 heterocycles. The van der Waals surface area contributed by atoms with Crippen molar-refractivity contribution in [1.29, 1.82) is 0 Å². The van der Waals surface area contributed by atoms with E-state index in [0.29, 0.717) is 45.0 Å². The zero-order valence-electron chi connectivity index (χ0n) is 18.0. The number of rotatable bonds is 5. The fourth-order valence-electron chi connectivity index (χ4n) is 4.26. The lowest BCUT2D eigenvalue weighted by atomic mass is 9.93. The van der Waals surface area contributed by atoms with Gasteiger partial charge in [-0.15, -0.1) is 0 Å². The van der Waals surface area contributed by atoms with Crippen LogP contribution in [0.1, 0.15) is 33.0 Å². The third-order valence-corrected chi connectivity index (χ3v) is 5.93. The number of pyridine rings is 1. The monoisotopic (exact) mass is 435 g/mol. The fraction of sp³-hybridized carbons (Fsp3) is 0.391. The molecule has 0 aromatic carbocycles. The summed E-state index contributed by atoms with van der Waals surface area (Å²) in [4.78, 5) is 31.2. The molecule has 0 radical (unpaired) electrons. The second-order valence-corrected chi connectivity index (χ2v) is 8.10. The Morgan fingerprint density at radius 1 is 1.22 bits per heavy atom. The van der Waals surface area contributed by atoms with E-state index in [-0.39, 0.29) is 18.4 Å². The smallest absolute Gasteiger partial charge is 0.290 e. The van der Waals surface area contributed by atoms with E-state index in [4.69, 9.17) is 9.15 Å². The molecule has 166 valence electrons. The summed E-state index contributed by atoms with van der Waals surface area (Å²) in [5.41, 5.74) is 4.50. The van der Waals surface area contributed by atoms with Crippen molar-refractivity contribution >= 4 is 11.8 Å². The third kappa shape index (κ3) is 3.91. The van der Waals surface area contributed by atoms with Gasteiger partial charge in [-0.25, -0.2) is 0 Å². The van der Waals surface area contributed by atoms with Gasteiger partial charge in [-0.2, -0.15) is 5.10 Å². The van der Waals surface area contributed by atoms with Crippen LogP contribution >= 0.6 is 0 Å². The molecule has 9 heteroatoms. The van der Waals surface area contributed by atoms with E-state index in [1.807, 2.05) is 25.3 Å². The lowest BCUT2D eigenvalue weighted by Crippen LogP contribution is -2.40. The number of nitrogens with zero attached hydrogens (tertiary/aromatic N) is 4. The summed E-state index contributed by atoms with van der Waals surface area (Å²) in [7, 11) is 0. The zero-order chi connectivity index (χ0) is 22.1. The van der Waals surface area contributed by atoms with Crippen LogP contribution in [0, 0.1) is 6.92 Å². The number of aromatic nitrogens is 3. The molecule has 9 nitrogen and oxygen atoms in total. The average Bonchev–Trinajstić information content (AvgIpc) is 3.38. The maximum absolute atomic E-state index is 13.0. The van der Waals surface area contributed by atoms with Crippen molar-refractivity contribution in [2.24, 2.45) is 0 Å². The maximum atomic E-state index is 13.0. The second-order valence-electron chi connectivity index (χ2n) is 8.10. The maximum Gasteiger partial charge on any atom is 0.290 e. The quantitative estimate of drug-likeness (QED) is 0.655. The lowest BCUT2D eigenvalue weighted by Gasteiger charge is -2.26. The first-order valence-corrected chi connectivity index (χ1v) is 10.8. The van der Waals surface area contributed by atoms with Crippen LogP contribution < -0.4 is 5.32 Å². The number of aryl methyl sites for hydroxylation is 2. The summed E-state index contributed by atoms with van der Waals surface area (Å²) >= 11 is 0. The third-order valence-electron chi connectivity index (χ3n) is 5.93. The minimum absolute atomic E-state index is 0.101. The van der Waals surface area contributed by atoms with E-state index in [1.54, 1.807) is 22.0 Å². The number of furan rings is 1. The molecule has 1 saturated heterocycles. The first-order valence-electron chi connectivity index (χ1n) is 10.8. The molecule has 0 atom stereocenters. The minimum Gasteiger partial charge on any atom is -0.455 e. The number of amides is 2. The van der Waals surface area contributed by atoms with E-state index in [0.717, 1.165) is 40.1 Å². The van der Waals surface area contributed by atoms with Gasteiger partial charge in [0.1, 0.15) is 12.3 Å². The molecule has 1 aliphatic carbocycles. The number of morpholine rings is 1. The average molecular weight is 435 g/mol. The molecule has 1 fully saturated rings. The van der Waals surface area contributed by atoms with Gasteiger partial charge in [-0.1, -0.05) is 6.07 Å². The molecule has 32 heavy (non-hydrogen) atoms. The lowest BCUT2D eigenvalue weighted by molar-refractivity contribution is -0.122. The van der Waals surface area contributed by atoms with Crippen LogP contribution in [0.3, 0.4) is 0 Å². The van der Waals surface area contributed by atoms with Crippen LogP contribution in [0.2, 0.25) is 0 Å². The molecular formula is C23H25N5O4. The molecule has 0 spiro atoms. The number of nitrogens with one attached hydrogen (secondary N) is 1. The minimum atomic E-state index is -0.124. The first-order chi connectivity index (χ1) is 15.6. The summed E-state index contributed by atoms with van der Waals surface area (Å²) in [5, 5.41) is 7.57. The normalized spacial score (nSPS) is 15.2. The van der Waals surface area contributed by atoms with Crippen molar-refractivity contribution < 1.29 is 18.7 Å². The summed E-state index contributed by atoms with van der Waals surface area (Å²) in [6, 6.07) is 3.75. The van der Waals surface area contributed by atoms with Crippen molar-refractivity contribution in [2.75, 3.05) is 26.3 Å². The SMILES string of the molecule is Cc1c(C(=O)N2CCOCC2)oc2c1-c1nn(CC(=O)NCc3cccnc3)cc1CC2. The topological polar surface area (TPSA) is 102 Å². The number of carbonyl (C=O) groups excluding carboxylic acids is 2. The molecule has 0 unspecified atom stereocenters. The molecule has 3 aromatic heterocycles. The Labute approximate surface area is 185 Å². The highest BCUT2D eigenvalue weighted by atomic mass is 16.5. The van der Waals surface area contributed by atoms with Gasteiger partial charge >= 0.3 is 0 Å². The van der Waals surface area contributed by atoms with Gasteiger partial charge in [-0.05, 0) is 30.5 Å². The van der Waals surface area contributed by atoms with Gasteiger partial charge in [0.15, 0.2) is 5.76 Å². The van der Waals surface area contributed by atoms with Gasteiger partial charge in [0.25, 0.3) is 5.91 Å². The Morgan fingerprint density at radius 2 is 2.06 bits per heavy atom. The van der Waals surface area contributed by atoms with Gasteiger partial charge in [0.2, 0.25) is 5.91 Å². The van der Waals surface area contributed by atoms with Crippen LogP contribution in [-0.4, -0.2) is 57.8 Å². The van der Waals surface area contributed by atoms with Gasteiger partial charge in [-0.3, -0.25) is 19.3 Å². The molecule has 3 aromatic rings. The van der Waals surface area contributed by atoms with E-state index in [2.05, 4.69) is 15.4 Å². The Hall–Kier alpha value is -3.46. The first kappa shape index (κ1) is 20.4. The van der Waals surface area contributed by atoms with Crippen molar-refractivity contribution in [3.05, 3.63) is 58.9 Å². The van der Waals surface area contributed by atoms with E-state index in [9.17, 15) is 9.59 Å². The highest BCUT2D eigenvalue weighted by Crippen LogP contribution is 2.38. The molecule has 1 N–H and O–H groups in total. The molecule has 2 amide bonds. The second kappa shape index (κ2) is 8.58. The summed E-state index contributed by atoms with van der Waals surface area (Å²) < 4.78 is 13.0. The van der Waals surface area contributed by atoms with Crippen LogP contribution in [0.15, 0.2) is 35.1 Å². The molecule has 0 bridgehead atoms. The van der Waals surface area contributed by atoms with Gasteiger partial charge in [0.05, 0.1) is 18.9 Å². The summed E-state index contributed by atoms with van der Waals surface area (Å²) in [5.74, 6) is 0.948. The Morgan fingerprint density at radius 3 is 2.84 bits per heavy atom. The van der Waals surface area contributed by atoms with Crippen molar-refractivity contribution in [2.45, 2.75) is 32.9 Å². The molecule has 1 aliphatic heterocycles. The van der Waals surface area contributed by atoms with Crippen LogP contribution in [0.25, 0.3) is 11.3 Å². The van der Waals surface area contributed by atoms with Crippen LogP contribution in [0.5, 0.6) is 0 Å². The predicted molar refractivity (Wildman–Crippen MR) is 115 cm³/mol. The number of fused-ring (bicyclic) bond motifs is 3. The van der Waals surface area contributed by atoms with E-state index < -0.39 is 0 Å². The van der Waals surface area contributed by atoms with E-state index in [1.165, 1.54) is 0 Å². The fourth-order valence-corrected chi connectivity index (χ4v) is 4.26. The molecule has 0 saturated carbocycles. The number of carbonyl (C=O) groups is 2. The predicted octanol–water partition coefficient (Wildman–Crippen LogP) is 1.73. The van der Waals surface area contributed by atoms with Crippen molar-refractivity contribution in [3.8, 4) is 11.3 Å². The number of ether oxygens (including phenoxy) is 1. The van der Waals surface area contributed by atoms with Gasteiger partial charge in [0, 0.05) is 55.8 Å². The molecular weight excluding hydrogens is 410 g/mol. The van der Waals surface area contributed by atoms with Crippen LogP contribution in [0.4, 0.5) is 0 Å². The summed E-state index contributed by atoms with van der Waals surface area (Å²) in [6.45, 7) is 4.68. The highest BCUT2D eigenvalue weighted by molar-refractivity contribution is 5.95. The summed E-state index contributed by atoms with van der Waals surface area (Å²) in [6.07, 6.45) is 6.81. The van der Waals surface area contributed by atoms with Crippen LogP contribution in [-0.2, 0) is 35.5 Å². The molecule has 5 rings (SSSR count). The number of hydrogen-bond acceptors (Lipinski definition) is 6. The Bertz CT molecular complexity index is 1140. The van der Waals surface area contributed by atoms with Gasteiger partial charge < -0.3 is 19.4 Å². The highest BCUT2D eigenvalue weighted by Gasteiger charge is 2.32. The number of hydrogen-bond donors (Lipinski definition) is 1. The molecule has 2 aliphatic rings. The standard InChI is InChI=1S/C23H25N5O4/c1-15-20-18(32-22(15)23(30)27-7-9-31-10-8-27)5-4-17-13-28(26-21(17)20)14-19(29)25-12-16-3-2-6-24-11-16/h2-3,6,11,13H,4-5,7-10,12,14H2,1H3,(H,25,29). The van der Waals surface area contributed by atoms with E-state index >= 15 is 0 Å². The Kier molecular flexibility index (Phi) is 5.48. The Balaban J connectivity index is 1.32.